The van der Waals surface area contributed by atoms with Crippen LogP contribution >= 0.6 is 11.3 Å². The highest BCUT2D eigenvalue weighted by Gasteiger charge is 2.15. The largest absolute Gasteiger partial charge is 0.228 e. The summed E-state index contributed by atoms with van der Waals surface area (Å²) in [5, 5.41) is 7.39. The van der Waals surface area contributed by atoms with Crippen LogP contribution < -0.4 is 0 Å². The number of hydrogen-bond acceptors (Lipinski definition) is 3. The average Bonchev–Trinajstić information content (AvgIpc) is 3.58. The second-order valence-corrected chi connectivity index (χ2v) is 14.1. The molecule has 0 aliphatic heterocycles. The molecule has 0 N–H and O–H groups in total. The van der Waals surface area contributed by atoms with Gasteiger partial charge in [-0.1, -0.05) is 146 Å². The fraction of sp³-hybridized carbons (Fsp3) is 0. The molecule has 10 rings (SSSR count). The van der Waals surface area contributed by atoms with Gasteiger partial charge in [-0.25, -0.2) is 9.97 Å². The third kappa shape index (κ3) is 5.27. The Kier molecular flexibility index (Phi) is 7.04. The topological polar surface area (TPSA) is 25.8 Å². The number of aromatic nitrogens is 2. The first-order valence-corrected chi connectivity index (χ1v) is 18.0. The number of rotatable bonds is 5. The predicted molar refractivity (Wildman–Crippen MR) is 217 cm³/mol. The van der Waals surface area contributed by atoms with Crippen LogP contribution in [-0.2, 0) is 0 Å². The van der Waals surface area contributed by atoms with Crippen molar-refractivity contribution >= 4 is 53.1 Å². The van der Waals surface area contributed by atoms with Crippen molar-refractivity contribution in [2.24, 2.45) is 0 Å². The van der Waals surface area contributed by atoms with Gasteiger partial charge in [0.05, 0.1) is 11.4 Å². The molecule has 2 aromatic heterocycles. The first-order chi connectivity index (χ1) is 25.2. The van der Waals surface area contributed by atoms with Gasteiger partial charge >= 0.3 is 0 Å². The highest BCUT2D eigenvalue weighted by Crippen LogP contribution is 2.39. The minimum absolute atomic E-state index is 0.714. The molecular weight excluding hydrogens is 637 g/mol. The summed E-state index contributed by atoms with van der Waals surface area (Å²) in [6, 6.07) is 65.1. The molecule has 3 heteroatoms. The minimum Gasteiger partial charge on any atom is -0.228 e. The van der Waals surface area contributed by atoms with Gasteiger partial charge in [-0.3, -0.25) is 0 Å². The fourth-order valence-corrected chi connectivity index (χ4v) is 8.42. The van der Waals surface area contributed by atoms with Gasteiger partial charge in [-0.2, -0.15) is 0 Å². The predicted octanol–water partition coefficient (Wildman–Crippen LogP) is 13.5. The van der Waals surface area contributed by atoms with Crippen molar-refractivity contribution in [2.75, 3.05) is 0 Å². The van der Waals surface area contributed by atoms with E-state index in [0.29, 0.717) is 5.82 Å². The van der Waals surface area contributed by atoms with Crippen molar-refractivity contribution in [1.82, 2.24) is 9.97 Å². The Hall–Kier alpha value is -6.42. The molecule has 0 fully saturated rings. The summed E-state index contributed by atoms with van der Waals surface area (Å²) in [7, 11) is 0. The molecule has 0 amide bonds. The summed E-state index contributed by atoms with van der Waals surface area (Å²) >= 11 is 1.86. The zero-order valence-corrected chi connectivity index (χ0v) is 28.4. The van der Waals surface area contributed by atoms with Crippen LogP contribution in [0.5, 0.6) is 0 Å². The van der Waals surface area contributed by atoms with Gasteiger partial charge in [0.1, 0.15) is 0 Å². The molecule has 0 atom stereocenters. The zero-order chi connectivity index (χ0) is 33.7. The minimum atomic E-state index is 0.714. The quantitative estimate of drug-likeness (QED) is 0.183. The number of hydrogen-bond donors (Lipinski definition) is 0. The van der Waals surface area contributed by atoms with Crippen molar-refractivity contribution in [2.45, 2.75) is 0 Å². The molecule has 2 heterocycles. The van der Waals surface area contributed by atoms with Crippen molar-refractivity contribution in [3.05, 3.63) is 182 Å². The molecule has 0 saturated carbocycles. The molecule has 51 heavy (non-hydrogen) atoms. The van der Waals surface area contributed by atoms with Gasteiger partial charge < -0.3 is 0 Å². The lowest BCUT2D eigenvalue weighted by Gasteiger charge is -2.14. The average molecular weight is 667 g/mol. The van der Waals surface area contributed by atoms with Crippen molar-refractivity contribution in [3.63, 3.8) is 0 Å². The Morgan fingerprint density at radius 3 is 1.65 bits per heavy atom. The van der Waals surface area contributed by atoms with Crippen molar-refractivity contribution < 1.29 is 0 Å². The monoisotopic (exact) mass is 666 g/mol. The van der Waals surface area contributed by atoms with Crippen LogP contribution in [0.4, 0.5) is 0 Å². The molecule has 238 valence electrons. The SMILES string of the molecule is c1ccc(-c2nc(-c3ccc4cc(-c5ccc6sc7ccccc7c6c5)ccc4c3)cc(-c3ccc(-c4ccccc4)c4ccccc34)n2)cc1. The first kappa shape index (κ1) is 29.5. The molecule has 0 radical (unpaired) electrons. The van der Waals surface area contributed by atoms with Gasteiger partial charge in [-0.05, 0) is 80.2 Å². The molecule has 0 unspecified atom stereocenters. The first-order valence-electron chi connectivity index (χ1n) is 17.2. The van der Waals surface area contributed by atoms with Crippen molar-refractivity contribution in [3.8, 4) is 56.2 Å². The van der Waals surface area contributed by atoms with Crippen LogP contribution in [0.3, 0.4) is 0 Å². The van der Waals surface area contributed by atoms with E-state index in [1.54, 1.807) is 0 Å². The Morgan fingerprint density at radius 1 is 0.314 bits per heavy atom. The second-order valence-electron chi connectivity index (χ2n) is 13.0. The number of nitrogens with zero attached hydrogens (tertiary/aromatic N) is 2. The van der Waals surface area contributed by atoms with Crippen molar-refractivity contribution in [1.29, 1.82) is 0 Å². The molecule has 8 aromatic carbocycles. The van der Waals surface area contributed by atoms with Gasteiger partial charge in [0.2, 0.25) is 0 Å². The zero-order valence-electron chi connectivity index (χ0n) is 27.6. The maximum Gasteiger partial charge on any atom is 0.160 e. The van der Waals surface area contributed by atoms with E-state index in [1.165, 1.54) is 64.0 Å². The lowest BCUT2D eigenvalue weighted by atomic mass is 9.93. The summed E-state index contributed by atoms with van der Waals surface area (Å²) in [6.07, 6.45) is 0. The Balaban J connectivity index is 1.08. The van der Waals surface area contributed by atoms with E-state index in [9.17, 15) is 0 Å². The van der Waals surface area contributed by atoms with Gasteiger partial charge in [-0.15, -0.1) is 11.3 Å². The van der Waals surface area contributed by atoms with Crippen LogP contribution in [0.25, 0.3) is 97.9 Å². The van der Waals surface area contributed by atoms with Crippen LogP contribution in [0.15, 0.2) is 182 Å². The summed E-state index contributed by atoms with van der Waals surface area (Å²) in [6.45, 7) is 0. The molecule has 2 nitrogen and oxygen atoms in total. The maximum atomic E-state index is 5.19. The molecular formula is C48H30N2S. The Labute approximate surface area is 300 Å². The van der Waals surface area contributed by atoms with E-state index in [0.717, 1.165) is 28.1 Å². The van der Waals surface area contributed by atoms with E-state index in [2.05, 4.69) is 164 Å². The molecule has 0 saturated heterocycles. The Bertz CT molecular complexity index is 2910. The molecule has 0 aliphatic carbocycles. The van der Waals surface area contributed by atoms with Crippen LogP contribution in [-0.4, -0.2) is 9.97 Å². The van der Waals surface area contributed by atoms with Gasteiger partial charge in [0.15, 0.2) is 5.82 Å². The van der Waals surface area contributed by atoms with Gasteiger partial charge in [0, 0.05) is 36.9 Å². The Morgan fingerprint density at radius 2 is 0.863 bits per heavy atom. The smallest absolute Gasteiger partial charge is 0.160 e. The van der Waals surface area contributed by atoms with Crippen LogP contribution in [0, 0.1) is 0 Å². The lowest BCUT2D eigenvalue weighted by molar-refractivity contribution is 1.19. The highest BCUT2D eigenvalue weighted by atomic mass is 32.1. The van der Waals surface area contributed by atoms with E-state index >= 15 is 0 Å². The number of fused-ring (bicyclic) bond motifs is 5. The third-order valence-electron chi connectivity index (χ3n) is 9.89. The van der Waals surface area contributed by atoms with E-state index in [1.807, 2.05) is 29.5 Å². The standard InChI is InChI=1S/C48H30N2S/c1-3-11-31(12-4-1)38-24-25-41(40-16-8-7-15-39(38)40)45-30-44(49-48(50-45)32-13-5-2-6-14-32)37-22-21-33-27-34(19-20-35(33)28-37)36-23-26-47-43(29-36)42-17-9-10-18-46(42)51-47/h1-30H. The summed E-state index contributed by atoms with van der Waals surface area (Å²) in [5.74, 6) is 0.714. The normalized spacial score (nSPS) is 11.5. The highest BCUT2D eigenvalue weighted by molar-refractivity contribution is 7.25. The maximum absolute atomic E-state index is 5.19. The second kappa shape index (κ2) is 12.2. The van der Waals surface area contributed by atoms with Crippen LogP contribution in [0.2, 0.25) is 0 Å². The van der Waals surface area contributed by atoms with Gasteiger partial charge in [0.25, 0.3) is 0 Å². The summed E-state index contributed by atoms with van der Waals surface area (Å²) in [5.41, 5.74) is 9.81. The van der Waals surface area contributed by atoms with Crippen LogP contribution in [0.1, 0.15) is 0 Å². The summed E-state index contributed by atoms with van der Waals surface area (Å²) in [4.78, 5) is 10.3. The number of thiophene rings is 1. The molecule has 0 spiro atoms. The lowest BCUT2D eigenvalue weighted by Crippen LogP contribution is -1.97. The molecule has 10 aromatic rings. The summed E-state index contributed by atoms with van der Waals surface area (Å²) < 4.78 is 2.65. The van der Waals surface area contributed by atoms with E-state index in [-0.39, 0.29) is 0 Å². The fourth-order valence-electron chi connectivity index (χ4n) is 7.33. The van der Waals surface area contributed by atoms with E-state index < -0.39 is 0 Å². The number of benzene rings is 8. The third-order valence-corrected chi connectivity index (χ3v) is 11.0. The molecule has 0 bridgehead atoms. The molecule has 0 aliphatic rings. The van der Waals surface area contributed by atoms with E-state index in [4.69, 9.17) is 9.97 Å².